The number of ether oxygens (including phenoxy) is 1. The van der Waals surface area contributed by atoms with Crippen molar-refractivity contribution in [3.63, 3.8) is 0 Å². The molecule has 1 aliphatic heterocycles. The highest BCUT2D eigenvalue weighted by molar-refractivity contribution is 5.52. The fourth-order valence-corrected chi connectivity index (χ4v) is 3.22. The van der Waals surface area contributed by atoms with Crippen molar-refractivity contribution in [2.75, 3.05) is 18.0 Å². The van der Waals surface area contributed by atoms with Gasteiger partial charge in [-0.2, -0.15) is 4.98 Å². The minimum Gasteiger partial charge on any atom is -0.461 e. The number of para-hydroxylation sites is 1. The lowest BCUT2D eigenvalue weighted by molar-refractivity contribution is 0.149. The third kappa shape index (κ3) is 3.81. The van der Waals surface area contributed by atoms with E-state index in [1.54, 1.807) is 19.3 Å². The van der Waals surface area contributed by atoms with Crippen LogP contribution in [0.1, 0.15) is 12.8 Å². The van der Waals surface area contributed by atoms with Crippen molar-refractivity contribution in [2.24, 2.45) is 7.05 Å². The molecule has 1 aromatic carbocycles. The van der Waals surface area contributed by atoms with E-state index in [1.807, 2.05) is 6.07 Å². The van der Waals surface area contributed by atoms with Gasteiger partial charge < -0.3 is 9.64 Å². The van der Waals surface area contributed by atoms with Crippen molar-refractivity contribution in [1.82, 2.24) is 19.5 Å². The molecule has 3 aromatic rings. The van der Waals surface area contributed by atoms with Crippen LogP contribution in [-0.2, 0) is 7.05 Å². The Hall–Kier alpha value is -3.22. The third-order valence-electron chi connectivity index (χ3n) is 4.77. The summed E-state index contributed by atoms with van der Waals surface area (Å²) in [6.45, 7) is 1.82. The Kier molecular flexibility index (Phi) is 4.82. The van der Waals surface area contributed by atoms with Gasteiger partial charge in [-0.15, -0.1) is 0 Å². The zero-order valence-electron chi connectivity index (χ0n) is 15.2. The standard InChI is InChI=1S/C20H21N5O2/c1-24-19(26)13-18(17-7-10-21-14-22-17)23-20(24)27-16-8-11-25(12-9-16)15-5-3-2-4-6-15/h2-7,10,13-14,16H,8-9,11-12H2,1H3. The topological polar surface area (TPSA) is 73.1 Å². The SMILES string of the molecule is Cn1c(OC2CCN(c3ccccc3)CC2)nc(-c2ccncn2)cc1=O. The molecule has 1 aliphatic rings. The molecule has 0 unspecified atom stereocenters. The van der Waals surface area contributed by atoms with Crippen LogP contribution < -0.4 is 15.2 Å². The van der Waals surface area contributed by atoms with E-state index < -0.39 is 0 Å². The molecule has 27 heavy (non-hydrogen) atoms. The van der Waals surface area contributed by atoms with Crippen LogP contribution >= 0.6 is 0 Å². The molecule has 1 saturated heterocycles. The van der Waals surface area contributed by atoms with Gasteiger partial charge in [0.25, 0.3) is 11.6 Å². The zero-order chi connectivity index (χ0) is 18.6. The Morgan fingerprint density at radius 2 is 1.85 bits per heavy atom. The molecule has 7 heteroatoms. The molecule has 0 amide bonds. The molecule has 0 atom stereocenters. The van der Waals surface area contributed by atoms with Gasteiger partial charge in [0.15, 0.2) is 0 Å². The fourth-order valence-electron chi connectivity index (χ4n) is 3.22. The van der Waals surface area contributed by atoms with Crippen LogP contribution in [0.2, 0.25) is 0 Å². The molecule has 0 radical (unpaired) electrons. The third-order valence-corrected chi connectivity index (χ3v) is 4.77. The zero-order valence-corrected chi connectivity index (χ0v) is 15.2. The van der Waals surface area contributed by atoms with Crippen molar-refractivity contribution in [1.29, 1.82) is 0 Å². The molecule has 0 saturated carbocycles. The van der Waals surface area contributed by atoms with Crippen LogP contribution in [0.4, 0.5) is 5.69 Å². The van der Waals surface area contributed by atoms with Crippen molar-refractivity contribution >= 4 is 5.69 Å². The molecule has 2 aromatic heterocycles. The molecule has 1 fully saturated rings. The number of aromatic nitrogens is 4. The minimum absolute atomic E-state index is 0.0312. The van der Waals surface area contributed by atoms with Gasteiger partial charge >= 0.3 is 0 Å². The van der Waals surface area contributed by atoms with Crippen LogP contribution in [0.25, 0.3) is 11.4 Å². The van der Waals surface area contributed by atoms with Gasteiger partial charge in [-0.3, -0.25) is 9.36 Å². The van der Waals surface area contributed by atoms with E-state index in [0.29, 0.717) is 17.4 Å². The first-order valence-corrected chi connectivity index (χ1v) is 9.02. The number of nitrogens with zero attached hydrogens (tertiary/aromatic N) is 5. The maximum Gasteiger partial charge on any atom is 0.299 e. The van der Waals surface area contributed by atoms with E-state index in [4.69, 9.17) is 4.74 Å². The smallest absolute Gasteiger partial charge is 0.299 e. The summed E-state index contributed by atoms with van der Waals surface area (Å²) in [5.41, 5.74) is 2.16. The van der Waals surface area contributed by atoms with Gasteiger partial charge in [0, 0.05) is 50.9 Å². The van der Waals surface area contributed by atoms with Crippen molar-refractivity contribution < 1.29 is 4.74 Å². The van der Waals surface area contributed by atoms with Gasteiger partial charge in [0.2, 0.25) is 0 Å². The number of piperidine rings is 1. The summed E-state index contributed by atoms with van der Waals surface area (Å²) < 4.78 is 7.53. The monoisotopic (exact) mass is 363 g/mol. The quantitative estimate of drug-likeness (QED) is 0.708. The molecule has 138 valence electrons. The normalized spacial score (nSPS) is 14.9. The largest absolute Gasteiger partial charge is 0.461 e. The minimum atomic E-state index is -0.171. The van der Waals surface area contributed by atoms with E-state index >= 15 is 0 Å². The van der Waals surface area contributed by atoms with E-state index in [2.05, 4.69) is 44.1 Å². The summed E-state index contributed by atoms with van der Waals surface area (Å²) in [6, 6.07) is 13.9. The van der Waals surface area contributed by atoms with E-state index in [9.17, 15) is 4.79 Å². The second-order valence-corrected chi connectivity index (χ2v) is 6.56. The summed E-state index contributed by atoms with van der Waals surface area (Å²) in [7, 11) is 1.67. The highest BCUT2D eigenvalue weighted by Crippen LogP contribution is 2.22. The molecule has 0 bridgehead atoms. The number of rotatable bonds is 4. The van der Waals surface area contributed by atoms with Crippen molar-refractivity contribution in [3.8, 4) is 17.4 Å². The van der Waals surface area contributed by atoms with Crippen LogP contribution in [-0.4, -0.2) is 38.7 Å². The average Bonchev–Trinajstić information content (AvgIpc) is 2.73. The van der Waals surface area contributed by atoms with Gasteiger partial charge in [-0.1, -0.05) is 18.2 Å². The fraction of sp³-hybridized carbons (Fsp3) is 0.300. The Bertz CT molecular complexity index is 951. The van der Waals surface area contributed by atoms with Gasteiger partial charge in [0.05, 0.1) is 11.4 Å². The number of hydrogen-bond acceptors (Lipinski definition) is 6. The van der Waals surface area contributed by atoms with Gasteiger partial charge in [0.1, 0.15) is 12.4 Å². The van der Waals surface area contributed by atoms with Crippen molar-refractivity contribution in [3.05, 3.63) is 65.3 Å². The summed E-state index contributed by atoms with van der Waals surface area (Å²) in [5.74, 6) is 0. The lowest BCUT2D eigenvalue weighted by Gasteiger charge is -2.33. The number of hydrogen-bond donors (Lipinski definition) is 0. The number of anilines is 1. The molecular formula is C20H21N5O2. The van der Waals surface area contributed by atoms with Crippen molar-refractivity contribution in [2.45, 2.75) is 18.9 Å². The summed E-state index contributed by atoms with van der Waals surface area (Å²) in [4.78, 5) is 27.2. The Morgan fingerprint density at radius 3 is 2.56 bits per heavy atom. The second-order valence-electron chi connectivity index (χ2n) is 6.56. The van der Waals surface area contributed by atoms with E-state index in [1.165, 1.54) is 22.6 Å². The van der Waals surface area contributed by atoms with E-state index in [0.717, 1.165) is 25.9 Å². The first-order chi connectivity index (χ1) is 13.2. The summed E-state index contributed by atoms with van der Waals surface area (Å²) >= 11 is 0. The van der Waals surface area contributed by atoms with Crippen LogP contribution in [0.15, 0.2) is 59.8 Å². The van der Waals surface area contributed by atoms with Crippen LogP contribution in [0.3, 0.4) is 0 Å². The van der Waals surface area contributed by atoms with Gasteiger partial charge in [-0.05, 0) is 18.2 Å². The molecule has 0 N–H and O–H groups in total. The molecule has 7 nitrogen and oxygen atoms in total. The molecule has 4 rings (SSSR count). The average molecular weight is 363 g/mol. The first-order valence-electron chi connectivity index (χ1n) is 9.02. The summed E-state index contributed by atoms with van der Waals surface area (Å²) in [6.07, 6.45) is 4.85. The van der Waals surface area contributed by atoms with E-state index in [-0.39, 0.29) is 11.7 Å². The van der Waals surface area contributed by atoms with Gasteiger partial charge in [-0.25, -0.2) is 9.97 Å². The number of benzene rings is 1. The highest BCUT2D eigenvalue weighted by Gasteiger charge is 2.22. The predicted molar refractivity (Wildman–Crippen MR) is 103 cm³/mol. The summed E-state index contributed by atoms with van der Waals surface area (Å²) in [5, 5.41) is 0. The second kappa shape index (κ2) is 7.57. The molecule has 0 aliphatic carbocycles. The Labute approximate surface area is 157 Å². The van der Waals surface area contributed by atoms with Crippen LogP contribution in [0.5, 0.6) is 6.01 Å². The Balaban J connectivity index is 1.49. The maximum atomic E-state index is 12.3. The highest BCUT2D eigenvalue weighted by atomic mass is 16.5. The van der Waals surface area contributed by atoms with Crippen LogP contribution in [0, 0.1) is 0 Å². The first kappa shape index (κ1) is 17.2. The lowest BCUT2D eigenvalue weighted by Crippen LogP contribution is -2.39. The molecular weight excluding hydrogens is 342 g/mol. The molecule has 0 spiro atoms. The Morgan fingerprint density at radius 1 is 1.07 bits per heavy atom. The lowest BCUT2D eigenvalue weighted by atomic mass is 10.1. The predicted octanol–water partition coefficient (Wildman–Crippen LogP) is 2.29. The molecule has 3 heterocycles. The maximum absolute atomic E-state index is 12.3.